The van der Waals surface area contributed by atoms with E-state index in [0.717, 1.165) is 42.4 Å². The van der Waals surface area contributed by atoms with E-state index in [-0.39, 0.29) is 6.04 Å². The van der Waals surface area contributed by atoms with Gasteiger partial charge in [-0.1, -0.05) is 0 Å². The van der Waals surface area contributed by atoms with E-state index in [1.165, 1.54) is 0 Å². The van der Waals surface area contributed by atoms with Gasteiger partial charge in [0.05, 0.1) is 11.9 Å². The molecule has 0 radical (unpaired) electrons. The second-order valence-electron chi connectivity index (χ2n) is 4.32. The summed E-state index contributed by atoms with van der Waals surface area (Å²) in [5, 5.41) is 0. The summed E-state index contributed by atoms with van der Waals surface area (Å²) >= 11 is 0. The maximum Gasteiger partial charge on any atom is 0.176 e. The van der Waals surface area contributed by atoms with Crippen LogP contribution in [0, 0.1) is 6.92 Å². The second kappa shape index (κ2) is 3.49. The third-order valence-corrected chi connectivity index (χ3v) is 3.12. The minimum atomic E-state index is 0.117. The Hall–Kier alpha value is -1.55. The zero-order chi connectivity index (χ0) is 11.1. The molecule has 84 valence electrons. The molecule has 0 amide bonds. The lowest BCUT2D eigenvalue weighted by molar-refractivity contribution is 0.459. The molecule has 0 spiro atoms. The molecule has 1 atom stereocenters. The van der Waals surface area contributed by atoms with E-state index in [2.05, 4.69) is 9.55 Å². The summed E-state index contributed by atoms with van der Waals surface area (Å²) in [7, 11) is 0. The predicted molar refractivity (Wildman–Crippen MR) is 60.8 cm³/mol. The minimum Gasteiger partial charge on any atom is -0.458 e. The molecule has 2 N–H and O–H groups in total. The lowest BCUT2D eigenvalue weighted by atomic mass is 10.1. The summed E-state index contributed by atoms with van der Waals surface area (Å²) in [6.45, 7) is 2.92. The van der Waals surface area contributed by atoms with E-state index < -0.39 is 0 Å². The van der Waals surface area contributed by atoms with Gasteiger partial charge in [-0.05, 0) is 31.9 Å². The molecule has 4 nitrogen and oxygen atoms in total. The number of nitrogens with two attached hydrogens (primary N) is 1. The quantitative estimate of drug-likeness (QED) is 0.797. The van der Waals surface area contributed by atoms with E-state index in [1.54, 1.807) is 0 Å². The topological polar surface area (TPSA) is 57.0 Å². The first-order chi connectivity index (χ1) is 7.75. The van der Waals surface area contributed by atoms with Crippen molar-refractivity contribution in [3.05, 3.63) is 29.8 Å². The molecular formula is C12H15N3O. The van der Waals surface area contributed by atoms with Crippen LogP contribution in [0.2, 0.25) is 0 Å². The lowest BCUT2D eigenvalue weighted by Crippen LogP contribution is -2.21. The fourth-order valence-electron chi connectivity index (χ4n) is 2.29. The third kappa shape index (κ3) is 1.38. The van der Waals surface area contributed by atoms with Crippen LogP contribution in [-0.2, 0) is 6.54 Å². The van der Waals surface area contributed by atoms with Crippen LogP contribution in [-0.4, -0.2) is 9.55 Å². The Morgan fingerprint density at radius 2 is 2.38 bits per heavy atom. The molecular weight excluding hydrogens is 202 g/mol. The van der Waals surface area contributed by atoms with Gasteiger partial charge >= 0.3 is 0 Å². The second-order valence-corrected chi connectivity index (χ2v) is 4.32. The molecule has 2 aromatic heterocycles. The van der Waals surface area contributed by atoms with Crippen molar-refractivity contribution in [2.45, 2.75) is 32.4 Å². The summed E-state index contributed by atoms with van der Waals surface area (Å²) in [6.07, 6.45) is 4.02. The van der Waals surface area contributed by atoms with Crippen LogP contribution in [0.3, 0.4) is 0 Å². The number of nitrogens with zero attached hydrogens (tertiary/aromatic N) is 2. The van der Waals surface area contributed by atoms with Gasteiger partial charge in [-0.3, -0.25) is 0 Å². The molecule has 3 heterocycles. The molecule has 1 unspecified atom stereocenters. The number of fused-ring (bicyclic) bond motifs is 1. The van der Waals surface area contributed by atoms with Crippen molar-refractivity contribution >= 4 is 0 Å². The third-order valence-electron chi connectivity index (χ3n) is 3.12. The molecule has 3 rings (SSSR count). The fraction of sp³-hybridized carbons (Fsp3) is 0.417. The highest BCUT2D eigenvalue weighted by Crippen LogP contribution is 2.29. The molecule has 0 saturated carbocycles. The summed E-state index contributed by atoms with van der Waals surface area (Å²) in [6, 6.07) is 4.04. The van der Waals surface area contributed by atoms with Gasteiger partial charge in [0.25, 0.3) is 0 Å². The number of furan rings is 1. The van der Waals surface area contributed by atoms with Crippen molar-refractivity contribution < 1.29 is 4.42 Å². The van der Waals surface area contributed by atoms with E-state index in [4.69, 9.17) is 10.2 Å². The van der Waals surface area contributed by atoms with Crippen molar-refractivity contribution in [3.63, 3.8) is 0 Å². The Bertz CT molecular complexity index is 512. The normalized spacial score (nSPS) is 19.8. The van der Waals surface area contributed by atoms with Gasteiger partial charge in [-0.25, -0.2) is 4.98 Å². The highest BCUT2D eigenvalue weighted by atomic mass is 16.3. The van der Waals surface area contributed by atoms with Crippen molar-refractivity contribution in [2.75, 3.05) is 0 Å². The zero-order valence-electron chi connectivity index (χ0n) is 9.31. The van der Waals surface area contributed by atoms with E-state index in [9.17, 15) is 0 Å². The molecule has 16 heavy (non-hydrogen) atoms. The number of aryl methyl sites for hydroxylation is 1. The number of hydrogen-bond acceptors (Lipinski definition) is 3. The van der Waals surface area contributed by atoms with Crippen molar-refractivity contribution in [3.8, 4) is 11.6 Å². The van der Waals surface area contributed by atoms with Gasteiger partial charge in [0.15, 0.2) is 11.6 Å². The van der Waals surface area contributed by atoms with Gasteiger partial charge in [0.2, 0.25) is 0 Å². The Labute approximate surface area is 94.1 Å². The SMILES string of the molecule is Cc1ccc(-c2ncc3n2CCCC3N)o1. The van der Waals surface area contributed by atoms with Gasteiger partial charge in [-0.15, -0.1) is 0 Å². The van der Waals surface area contributed by atoms with Crippen LogP contribution in [0.5, 0.6) is 0 Å². The van der Waals surface area contributed by atoms with Gasteiger partial charge < -0.3 is 14.7 Å². The maximum atomic E-state index is 6.05. The fourth-order valence-corrected chi connectivity index (χ4v) is 2.29. The molecule has 0 aromatic carbocycles. The largest absolute Gasteiger partial charge is 0.458 e. The molecule has 1 aliphatic heterocycles. The van der Waals surface area contributed by atoms with E-state index in [0.29, 0.717) is 0 Å². The predicted octanol–water partition coefficient (Wildman–Crippen LogP) is 2.25. The first kappa shape index (κ1) is 9.66. The summed E-state index contributed by atoms with van der Waals surface area (Å²) < 4.78 is 7.78. The zero-order valence-corrected chi connectivity index (χ0v) is 9.31. The van der Waals surface area contributed by atoms with Crippen LogP contribution in [0.1, 0.15) is 30.3 Å². The highest BCUT2D eigenvalue weighted by molar-refractivity contribution is 5.49. The molecule has 4 heteroatoms. The summed E-state index contributed by atoms with van der Waals surface area (Å²) in [5.41, 5.74) is 7.17. The van der Waals surface area contributed by atoms with Gasteiger partial charge in [-0.2, -0.15) is 0 Å². The van der Waals surface area contributed by atoms with Crippen LogP contribution in [0.4, 0.5) is 0 Å². The van der Waals surface area contributed by atoms with Crippen LogP contribution >= 0.6 is 0 Å². The number of rotatable bonds is 1. The summed E-state index contributed by atoms with van der Waals surface area (Å²) in [4.78, 5) is 4.42. The van der Waals surface area contributed by atoms with Crippen LogP contribution in [0.15, 0.2) is 22.7 Å². The maximum absolute atomic E-state index is 6.05. The lowest BCUT2D eigenvalue weighted by Gasteiger charge is -2.21. The summed E-state index contributed by atoms with van der Waals surface area (Å²) in [5.74, 6) is 2.64. The van der Waals surface area contributed by atoms with Crippen molar-refractivity contribution in [2.24, 2.45) is 5.73 Å². The molecule has 2 aromatic rings. The minimum absolute atomic E-state index is 0.117. The number of imidazole rings is 1. The average Bonchev–Trinajstić information content (AvgIpc) is 2.84. The Morgan fingerprint density at radius 1 is 1.50 bits per heavy atom. The van der Waals surface area contributed by atoms with Crippen LogP contribution in [0.25, 0.3) is 11.6 Å². The first-order valence-corrected chi connectivity index (χ1v) is 5.63. The molecule has 0 fully saturated rings. The monoisotopic (exact) mass is 217 g/mol. The average molecular weight is 217 g/mol. The number of aromatic nitrogens is 2. The first-order valence-electron chi connectivity index (χ1n) is 5.63. The molecule has 0 bridgehead atoms. The van der Waals surface area contributed by atoms with E-state index >= 15 is 0 Å². The van der Waals surface area contributed by atoms with E-state index in [1.807, 2.05) is 25.3 Å². The molecule has 0 saturated heterocycles. The molecule has 0 aliphatic carbocycles. The van der Waals surface area contributed by atoms with Crippen molar-refractivity contribution in [1.29, 1.82) is 0 Å². The smallest absolute Gasteiger partial charge is 0.176 e. The standard InChI is InChI=1S/C12H15N3O/c1-8-4-5-11(16-8)12-14-7-10-9(13)3-2-6-15(10)12/h4-5,7,9H,2-3,6,13H2,1H3. The Balaban J connectivity index is 2.09. The Morgan fingerprint density at radius 3 is 3.12 bits per heavy atom. The van der Waals surface area contributed by atoms with Gasteiger partial charge in [0, 0.05) is 12.6 Å². The van der Waals surface area contributed by atoms with Crippen LogP contribution < -0.4 is 5.73 Å². The van der Waals surface area contributed by atoms with Gasteiger partial charge in [0.1, 0.15) is 5.76 Å². The highest BCUT2D eigenvalue weighted by Gasteiger charge is 2.22. The molecule has 1 aliphatic rings. The Kier molecular flexibility index (Phi) is 2.11. The number of hydrogen-bond donors (Lipinski definition) is 1. The van der Waals surface area contributed by atoms with Crippen molar-refractivity contribution in [1.82, 2.24) is 9.55 Å².